The summed E-state index contributed by atoms with van der Waals surface area (Å²) in [5, 5.41) is 3.68. The van der Waals surface area contributed by atoms with Gasteiger partial charge in [-0.05, 0) is 37.0 Å². The molecule has 1 atom stereocenters. The molecular formula is C23H33F3N2O3. The SMILES string of the molecule is CCCCCCCCCCc1ccc(NC(=O)[C@@H]2CCN(OC(=O)C(F)(F)F)C2)cc1. The molecular weight excluding hydrogens is 409 g/mol. The number of hydrogen-bond donors (Lipinski definition) is 1. The Kier molecular flexibility index (Phi) is 10.3. The molecule has 1 N–H and O–H groups in total. The first-order valence-electron chi connectivity index (χ1n) is 11.2. The summed E-state index contributed by atoms with van der Waals surface area (Å²) in [6.45, 7) is 2.27. The van der Waals surface area contributed by atoms with E-state index in [1.54, 1.807) is 0 Å². The Labute approximate surface area is 182 Å². The minimum atomic E-state index is -5.04. The second-order valence-electron chi connectivity index (χ2n) is 8.16. The van der Waals surface area contributed by atoms with Crippen LogP contribution in [0.15, 0.2) is 24.3 Å². The number of carbonyl (C=O) groups excluding carboxylic acids is 2. The standard InChI is InChI=1S/C23H33F3N2O3/c1-2-3-4-5-6-7-8-9-10-18-11-13-20(14-12-18)27-21(29)19-15-16-28(17-19)31-22(30)23(24,25)26/h11-14,19H,2-10,15-17H2,1H3,(H,27,29)/t19-/m1/s1. The van der Waals surface area contributed by atoms with E-state index in [1.807, 2.05) is 24.3 Å². The van der Waals surface area contributed by atoms with Crippen LogP contribution in [0.2, 0.25) is 0 Å². The van der Waals surface area contributed by atoms with Crippen LogP contribution in [0, 0.1) is 5.92 Å². The van der Waals surface area contributed by atoms with E-state index in [2.05, 4.69) is 17.1 Å². The molecule has 31 heavy (non-hydrogen) atoms. The molecule has 0 spiro atoms. The highest BCUT2D eigenvalue weighted by atomic mass is 19.4. The summed E-state index contributed by atoms with van der Waals surface area (Å²) in [6.07, 6.45) is 6.49. The molecule has 2 rings (SSSR count). The number of unbranched alkanes of at least 4 members (excludes halogenated alkanes) is 7. The molecule has 1 heterocycles. The maximum atomic E-state index is 12.4. The predicted molar refractivity (Wildman–Crippen MR) is 113 cm³/mol. The number of halogens is 3. The van der Waals surface area contributed by atoms with Crippen LogP contribution in [0.25, 0.3) is 0 Å². The molecule has 1 aliphatic heterocycles. The fourth-order valence-corrected chi connectivity index (χ4v) is 3.66. The molecule has 0 saturated carbocycles. The van der Waals surface area contributed by atoms with Gasteiger partial charge in [-0.2, -0.15) is 13.2 Å². The summed E-state index contributed by atoms with van der Waals surface area (Å²) in [5.74, 6) is -3.08. The summed E-state index contributed by atoms with van der Waals surface area (Å²) < 4.78 is 36.8. The molecule has 0 aromatic heterocycles. The van der Waals surface area contributed by atoms with Crippen LogP contribution in [-0.4, -0.2) is 36.2 Å². The summed E-state index contributed by atoms with van der Waals surface area (Å²) in [6, 6.07) is 7.66. The van der Waals surface area contributed by atoms with Crippen molar-refractivity contribution in [2.75, 3.05) is 18.4 Å². The fourth-order valence-electron chi connectivity index (χ4n) is 3.66. The molecule has 0 bridgehead atoms. The molecule has 0 unspecified atom stereocenters. The van der Waals surface area contributed by atoms with Gasteiger partial charge in [-0.1, -0.05) is 64.0 Å². The zero-order chi connectivity index (χ0) is 22.7. The number of nitrogens with zero attached hydrogens (tertiary/aromatic N) is 1. The van der Waals surface area contributed by atoms with Crippen LogP contribution in [0.4, 0.5) is 18.9 Å². The van der Waals surface area contributed by atoms with Crippen molar-refractivity contribution in [3.05, 3.63) is 29.8 Å². The number of hydrogen-bond acceptors (Lipinski definition) is 4. The van der Waals surface area contributed by atoms with E-state index in [4.69, 9.17) is 0 Å². The first-order chi connectivity index (χ1) is 14.8. The summed E-state index contributed by atoms with van der Waals surface area (Å²) in [5.41, 5.74) is 1.87. The highest BCUT2D eigenvalue weighted by Crippen LogP contribution is 2.23. The average molecular weight is 443 g/mol. The summed E-state index contributed by atoms with van der Waals surface area (Å²) in [4.78, 5) is 27.6. The van der Waals surface area contributed by atoms with Crippen molar-refractivity contribution in [2.45, 2.75) is 77.3 Å². The summed E-state index contributed by atoms with van der Waals surface area (Å²) >= 11 is 0. The highest BCUT2D eigenvalue weighted by molar-refractivity contribution is 5.92. The van der Waals surface area contributed by atoms with Crippen LogP contribution in [0.5, 0.6) is 0 Å². The lowest BCUT2D eigenvalue weighted by atomic mass is 10.0. The summed E-state index contributed by atoms with van der Waals surface area (Å²) in [7, 11) is 0. The van der Waals surface area contributed by atoms with E-state index in [0.717, 1.165) is 17.9 Å². The van der Waals surface area contributed by atoms with Gasteiger partial charge in [0.2, 0.25) is 5.91 Å². The minimum Gasteiger partial charge on any atom is -0.361 e. The Hall–Kier alpha value is -2.09. The van der Waals surface area contributed by atoms with Crippen molar-refractivity contribution in [1.82, 2.24) is 5.06 Å². The number of rotatable bonds is 12. The van der Waals surface area contributed by atoms with Crippen molar-refractivity contribution in [3.8, 4) is 0 Å². The molecule has 0 radical (unpaired) electrons. The maximum Gasteiger partial charge on any atom is 0.492 e. The fraction of sp³-hybridized carbons (Fsp3) is 0.652. The lowest BCUT2D eigenvalue weighted by Gasteiger charge is -2.16. The number of aryl methyl sites for hydroxylation is 1. The zero-order valence-electron chi connectivity index (χ0n) is 18.2. The van der Waals surface area contributed by atoms with Crippen molar-refractivity contribution in [2.24, 2.45) is 5.92 Å². The van der Waals surface area contributed by atoms with E-state index in [1.165, 1.54) is 50.5 Å². The average Bonchev–Trinajstić information content (AvgIpc) is 3.19. The molecule has 1 aromatic rings. The third-order valence-corrected chi connectivity index (χ3v) is 5.51. The Morgan fingerprint density at radius 3 is 2.26 bits per heavy atom. The molecule has 0 aliphatic carbocycles. The van der Waals surface area contributed by atoms with Gasteiger partial charge in [0, 0.05) is 18.8 Å². The molecule has 5 nitrogen and oxygen atoms in total. The number of benzene rings is 1. The Balaban J connectivity index is 1.66. The van der Waals surface area contributed by atoms with Gasteiger partial charge >= 0.3 is 12.1 Å². The second-order valence-corrected chi connectivity index (χ2v) is 8.16. The lowest BCUT2D eigenvalue weighted by Crippen LogP contribution is -2.34. The first kappa shape index (κ1) is 25.2. The van der Waals surface area contributed by atoms with Crippen LogP contribution >= 0.6 is 0 Å². The first-order valence-corrected chi connectivity index (χ1v) is 11.2. The molecule has 1 saturated heterocycles. The largest absolute Gasteiger partial charge is 0.492 e. The van der Waals surface area contributed by atoms with E-state index in [-0.39, 0.29) is 19.0 Å². The van der Waals surface area contributed by atoms with E-state index >= 15 is 0 Å². The van der Waals surface area contributed by atoms with Gasteiger partial charge in [-0.15, -0.1) is 5.06 Å². The van der Waals surface area contributed by atoms with Gasteiger partial charge in [0.1, 0.15) is 0 Å². The quantitative estimate of drug-likeness (QED) is 0.425. The molecule has 8 heteroatoms. The van der Waals surface area contributed by atoms with Gasteiger partial charge in [0.25, 0.3) is 0 Å². The second kappa shape index (κ2) is 12.7. The maximum absolute atomic E-state index is 12.4. The smallest absolute Gasteiger partial charge is 0.361 e. The van der Waals surface area contributed by atoms with Crippen LogP contribution in [0.1, 0.15) is 70.3 Å². The van der Waals surface area contributed by atoms with E-state index < -0.39 is 18.1 Å². The monoisotopic (exact) mass is 442 g/mol. The number of hydroxylamine groups is 2. The van der Waals surface area contributed by atoms with Crippen molar-refractivity contribution in [1.29, 1.82) is 0 Å². The zero-order valence-corrected chi connectivity index (χ0v) is 18.2. The van der Waals surface area contributed by atoms with Crippen LogP contribution < -0.4 is 5.32 Å². The third kappa shape index (κ3) is 9.29. The highest BCUT2D eigenvalue weighted by Gasteiger charge is 2.43. The Bertz CT molecular complexity index is 692. The van der Waals surface area contributed by atoms with Gasteiger partial charge in [0.05, 0.1) is 5.92 Å². The molecule has 1 fully saturated rings. The Morgan fingerprint density at radius 1 is 1.03 bits per heavy atom. The normalized spacial score (nSPS) is 17.0. The van der Waals surface area contributed by atoms with Crippen LogP contribution in [-0.2, 0) is 20.8 Å². The third-order valence-electron chi connectivity index (χ3n) is 5.51. The molecule has 174 valence electrons. The molecule has 1 amide bonds. The molecule has 1 aromatic carbocycles. The van der Waals surface area contributed by atoms with Gasteiger partial charge in [-0.3, -0.25) is 4.79 Å². The lowest BCUT2D eigenvalue weighted by molar-refractivity contribution is -0.235. The van der Waals surface area contributed by atoms with E-state index in [9.17, 15) is 22.8 Å². The van der Waals surface area contributed by atoms with Crippen molar-refractivity contribution < 1.29 is 27.6 Å². The Morgan fingerprint density at radius 2 is 1.65 bits per heavy atom. The minimum absolute atomic E-state index is 0.0514. The number of amides is 1. The van der Waals surface area contributed by atoms with Crippen molar-refractivity contribution >= 4 is 17.6 Å². The number of nitrogens with one attached hydrogen (secondary N) is 1. The van der Waals surface area contributed by atoms with Gasteiger partial charge in [-0.25, -0.2) is 4.79 Å². The predicted octanol–water partition coefficient (Wildman–Crippen LogP) is 5.65. The van der Waals surface area contributed by atoms with Gasteiger partial charge in [0.15, 0.2) is 0 Å². The van der Waals surface area contributed by atoms with E-state index in [0.29, 0.717) is 12.1 Å². The van der Waals surface area contributed by atoms with Crippen molar-refractivity contribution in [3.63, 3.8) is 0 Å². The number of alkyl halides is 3. The van der Waals surface area contributed by atoms with Crippen LogP contribution in [0.3, 0.4) is 0 Å². The van der Waals surface area contributed by atoms with Gasteiger partial charge < -0.3 is 10.2 Å². The number of carbonyl (C=O) groups is 2. The number of anilines is 1. The topological polar surface area (TPSA) is 58.6 Å². The molecule has 1 aliphatic rings.